The first-order chi connectivity index (χ1) is 11.3. The molecule has 1 unspecified atom stereocenters. The summed E-state index contributed by atoms with van der Waals surface area (Å²) in [5.74, 6) is 6.22. The van der Waals surface area contributed by atoms with Crippen LogP contribution in [0, 0.1) is 11.8 Å². The number of ether oxygens (including phenoxy) is 1. The first-order valence-corrected chi connectivity index (χ1v) is 7.67. The molecular weight excluding hydrogens is 312 g/mol. The van der Waals surface area contributed by atoms with E-state index in [0.717, 1.165) is 23.2 Å². The van der Waals surface area contributed by atoms with Crippen LogP contribution in [0.25, 0.3) is 0 Å². The summed E-state index contributed by atoms with van der Waals surface area (Å²) < 4.78 is 5.50. The summed E-state index contributed by atoms with van der Waals surface area (Å²) in [6, 6.07) is 10.9. The molecule has 1 aliphatic heterocycles. The molecule has 1 atom stereocenters. The fraction of sp³-hybridized carbons (Fsp3) is 0.222. The third kappa shape index (κ3) is 3.70. The molecule has 1 fully saturated rings. The van der Waals surface area contributed by atoms with Crippen molar-refractivity contribution in [3.8, 4) is 11.8 Å². The van der Waals surface area contributed by atoms with E-state index in [1.165, 1.54) is 0 Å². The van der Waals surface area contributed by atoms with E-state index in [1.54, 1.807) is 11.1 Å². The molecule has 4 nitrogen and oxygen atoms in total. The van der Waals surface area contributed by atoms with Crippen molar-refractivity contribution in [2.75, 3.05) is 19.8 Å². The van der Waals surface area contributed by atoms with Crippen molar-refractivity contribution >= 4 is 18.0 Å². The van der Waals surface area contributed by atoms with E-state index in [0.29, 0.717) is 24.8 Å². The summed E-state index contributed by atoms with van der Waals surface area (Å²) in [6.07, 6.45) is 2.55. The lowest BCUT2D eigenvalue weighted by molar-refractivity contribution is -0.126. The quantitative estimate of drug-likeness (QED) is 0.629. The van der Waals surface area contributed by atoms with Gasteiger partial charge in [-0.2, -0.15) is 0 Å². The number of nitrogens with zero attached hydrogens (tertiary/aromatic N) is 2. The van der Waals surface area contributed by atoms with Gasteiger partial charge >= 0.3 is 0 Å². The molecular formula is C18H15ClN2O2. The zero-order chi connectivity index (χ0) is 16.1. The molecule has 1 amide bonds. The molecule has 1 aliphatic rings. The zero-order valence-electron chi connectivity index (χ0n) is 12.4. The average Bonchev–Trinajstić information content (AvgIpc) is 2.60. The highest BCUT2D eigenvalue weighted by Gasteiger charge is 2.26. The molecule has 5 heteroatoms. The van der Waals surface area contributed by atoms with Crippen molar-refractivity contribution in [2.24, 2.45) is 0 Å². The fourth-order valence-corrected chi connectivity index (χ4v) is 2.66. The topological polar surface area (TPSA) is 42.4 Å². The third-order valence-corrected chi connectivity index (χ3v) is 3.86. The Kier molecular flexibility index (Phi) is 4.92. The first-order valence-electron chi connectivity index (χ1n) is 7.29. The van der Waals surface area contributed by atoms with Gasteiger partial charge in [0.2, 0.25) is 6.41 Å². The van der Waals surface area contributed by atoms with E-state index >= 15 is 0 Å². The number of benzene rings is 1. The number of hydrogen-bond acceptors (Lipinski definition) is 3. The van der Waals surface area contributed by atoms with Gasteiger partial charge < -0.3 is 9.64 Å². The Balaban J connectivity index is 1.94. The number of aromatic nitrogens is 1. The molecule has 116 valence electrons. The van der Waals surface area contributed by atoms with E-state index in [9.17, 15) is 4.79 Å². The van der Waals surface area contributed by atoms with E-state index in [2.05, 4.69) is 16.8 Å². The normalized spacial score (nSPS) is 17.3. The Morgan fingerprint density at radius 1 is 1.30 bits per heavy atom. The van der Waals surface area contributed by atoms with Crippen LogP contribution in [0.2, 0.25) is 5.02 Å². The van der Waals surface area contributed by atoms with Gasteiger partial charge in [0.15, 0.2) is 0 Å². The summed E-state index contributed by atoms with van der Waals surface area (Å²) in [6.45, 7) is 1.54. The van der Waals surface area contributed by atoms with E-state index in [4.69, 9.17) is 16.3 Å². The Morgan fingerprint density at radius 2 is 2.22 bits per heavy atom. The minimum absolute atomic E-state index is 0.203. The van der Waals surface area contributed by atoms with Crippen LogP contribution in [0.1, 0.15) is 22.9 Å². The molecule has 1 aromatic heterocycles. The second kappa shape index (κ2) is 7.28. The fourth-order valence-electron chi connectivity index (χ4n) is 2.47. The van der Waals surface area contributed by atoms with Crippen LogP contribution >= 0.6 is 11.6 Å². The molecule has 0 aliphatic carbocycles. The van der Waals surface area contributed by atoms with Crippen LogP contribution in [0.5, 0.6) is 0 Å². The number of pyridine rings is 1. The summed E-state index contributed by atoms with van der Waals surface area (Å²) in [4.78, 5) is 17.4. The summed E-state index contributed by atoms with van der Waals surface area (Å²) >= 11 is 5.98. The van der Waals surface area contributed by atoms with Gasteiger partial charge in [-0.3, -0.25) is 9.78 Å². The minimum atomic E-state index is -0.203. The van der Waals surface area contributed by atoms with Gasteiger partial charge in [0.05, 0.1) is 24.9 Å². The van der Waals surface area contributed by atoms with Gasteiger partial charge in [-0.25, -0.2) is 0 Å². The second-order valence-electron chi connectivity index (χ2n) is 5.13. The van der Waals surface area contributed by atoms with Gasteiger partial charge in [0.25, 0.3) is 0 Å². The number of rotatable bonds is 2. The first kappa shape index (κ1) is 15.5. The number of carbonyl (C=O) groups is 1. The van der Waals surface area contributed by atoms with Crippen molar-refractivity contribution in [2.45, 2.75) is 6.04 Å². The summed E-state index contributed by atoms with van der Waals surface area (Å²) in [5.41, 5.74) is 2.38. The maximum atomic E-state index is 11.3. The lowest BCUT2D eigenvalue weighted by Gasteiger charge is -2.32. The Hall–Kier alpha value is -2.35. The van der Waals surface area contributed by atoms with Gasteiger partial charge in [-0.1, -0.05) is 29.5 Å². The largest absolute Gasteiger partial charge is 0.377 e. The molecule has 23 heavy (non-hydrogen) atoms. The highest BCUT2D eigenvalue weighted by atomic mass is 35.5. The van der Waals surface area contributed by atoms with Crippen molar-refractivity contribution in [3.05, 3.63) is 64.4 Å². The summed E-state index contributed by atoms with van der Waals surface area (Å²) in [7, 11) is 0. The SMILES string of the molecule is O=CN1CCOCC1c1ncccc1C#Cc1cccc(Cl)c1. The Bertz CT molecular complexity index is 767. The molecule has 0 spiro atoms. The van der Waals surface area contributed by atoms with Crippen molar-refractivity contribution in [1.29, 1.82) is 0 Å². The van der Waals surface area contributed by atoms with Crippen LogP contribution in [0.15, 0.2) is 42.6 Å². The molecule has 0 saturated carbocycles. The van der Waals surface area contributed by atoms with E-state index in [1.807, 2.05) is 36.4 Å². The number of amides is 1. The van der Waals surface area contributed by atoms with Gasteiger partial charge in [-0.15, -0.1) is 0 Å². The van der Waals surface area contributed by atoms with Crippen molar-refractivity contribution in [3.63, 3.8) is 0 Å². The second-order valence-corrected chi connectivity index (χ2v) is 5.57. The molecule has 2 heterocycles. The van der Waals surface area contributed by atoms with Crippen LogP contribution in [-0.4, -0.2) is 36.1 Å². The predicted octanol–water partition coefficient (Wildman–Crippen LogP) is 2.66. The number of halogens is 1. The van der Waals surface area contributed by atoms with Gasteiger partial charge in [-0.05, 0) is 30.3 Å². The molecule has 1 saturated heterocycles. The lowest BCUT2D eigenvalue weighted by atomic mass is 10.1. The number of carbonyl (C=O) groups excluding carboxylic acids is 1. The van der Waals surface area contributed by atoms with Crippen LogP contribution in [-0.2, 0) is 9.53 Å². The highest BCUT2D eigenvalue weighted by Crippen LogP contribution is 2.23. The van der Waals surface area contributed by atoms with Crippen LogP contribution < -0.4 is 0 Å². The molecule has 1 aromatic carbocycles. The number of hydrogen-bond donors (Lipinski definition) is 0. The Labute approximate surface area is 140 Å². The minimum Gasteiger partial charge on any atom is -0.377 e. The third-order valence-electron chi connectivity index (χ3n) is 3.63. The smallest absolute Gasteiger partial charge is 0.210 e. The predicted molar refractivity (Wildman–Crippen MR) is 88.0 cm³/mol. The van der Waals surface area contributed by atoms with Gasteiger partial charge in [0, 0.05) is 28.9 Å². The van der Waals surface area contributed by atoms with Crippen molar-refractivity contribution in [1.82, 2.24) is 9.88 Å². The van der Waals surface area contributed by atoms with Gasteiger partial charge in [0.1, 0.15) is 0 Å². The Morgan fingerprint density at radius 3 is 3.04 bits per heavy atom. The number of morpholine rings is 1. The van der Waals surface area contributed by atoms with E-state index < -0.39 is 0 Å². The molecule has 0 radical (unpaired) electrons. The maximum Gasteiger partial charge on any atom is 0.210 e. The van der Waals surface area contributed by atoms with Crippen LogP contribution in [0.4, 0.5) is 0 Å². The van der Waals surface area contributed by atoms with E-state index in [-0.39, 0.29) is 6.04 Å². The highest BCUT2D eigenvalue weighted by molar-refractivity contribution is 6.30. The monoisotopic (exact) mass is 326 g/mol. The molecule has 3 rings (SSSR count). The van der Waals surface area contributed by atoms with Crippen LogP contribution in [0.3, 0.4) is 0 Å². The average molecular weight is 327 g/mol. The lowest BCUT2D eigenvalue weighted by Crippen LogP contribution is -2.39. The summed E-state index contributed by atoms with van der Waals surface area (Å²) in [5, 5.41) is 0.649. The maximum absolute atomic E-state index is 11.3. The molecule has 2 aromatic rings. The molecule has 0 bridgehead atoms. The molecule has 0 N–H and O–H groups in total. The zero-order valence-corrected chi connectivity index (χ0v) is 13.2. The standard InChI is InChI=1S/C18H15ClN2O2/c19-16-5-1-3-14(11-16)6-7-15-4-2-8-20-18(15)17-12-23-10-9-21(17)13-22/h1-5,8,11,13,17H,9-10,12H2. The van der Waals surface area contributed by atoms with Crippen molar-refractivity contribution < 1.29 is 9.53 Å².